The average molecular weight is 328 g/mol. The molecule has 2 aliphatic rings. The minimum atomic E-state index is -0.258. The summed E-state index contributed by atoms with van der Waals surface area (Å²) < 4.78 is 0. The van der Waals surface area contributed by atoms with Crippen molar-refractivity contribution in [2.75, 3.05) is 39.4 Å². The van der Waals surface area contributed by atoms with Crippen LogP contribution >= 0.6 is 0 Å². The second-order valence-corrected chi connectivity index (χ2v) is 6.73. The van der Waals surface area contributed by atoms with Crippen molar-refractivity contribution < 1.29 is 15.0 Å². The Hall–Kier alpha value is -0.730. The fraction of sp³-hybridized carbons (Fsp3) is 0.938. The van der Waals surface area contributed by atoms with Crippen molar-refractivity contribution >= 4 is 5.91 Å². The molecule has 6 N–H and O–H groups in total. The Morgan fingerprint density at radius 3 is 2.61 bits per heavy atom. The number of hydrogen-bond donors (Lipinski definition) is 5. The summed E-state index contributed by atoms with van der Waals surface area (Å²) in [4.78, 5) is 14.3. The van der Waals surface area contributed by atoms with Crippen molar-refractivity contribution in [3.63, 3.8) is 0 Å². The molecule has 2 fully saturated rings. The molecule has 7 heteroatoms. The Balaban J connectivity index is 1.81. The van der Waals surface area contributed by atoms with Crippen molar-refractivity contribution in [3.8, 4) is 0 Å². The van der Waals surface area contributed by atoms with E-state index in [0.29, 0.717) is 6.54 Å². The minimum Gasteiger partial charge on any atom is -0.395 e. The maximum atomic E-state index is 12.2. The molecule has 0 aromatic carbocycles. The Labute approximate surface area is 138 Å². The lowest BCUT2D eigenvalue weighted by atomic mass is 9.92. The van der Waals surface area contributed by atoms with E-state index in [4.69, 9.17) is 5.73 Å². The molecule has 2 heterocycles. The van der Waals surface area contributed by atoms with Gasteiger partial charge < -0.3 is 26.6 Å². The van der Waals surface area contributed by atoms with Crippen LogP contribution in [-0.4, -0.2) is 78.5 Å². The predicted molar refractivity (Wildman–Crippen MR) is 88.9 cm³/mol. The van der Waals surface area contributed by atoms with Gasteiger partial charge in [-0.2, -0.15) is 0 Å². The van der Waals surface area contributed by atoms with Crippen LogP contribution in [0.15, 0.2) is 0 Å². The number of nitrogens with one attached hydrogen (secondary N) is 2. The van der Waals surface area contributed by atoms with Gasteiger partial charge in [0.2, 0.25) is 5.91 Å². The van der Waals surface area contributed by atoms with Gasteiger partial charge in [-0.05, 0) is 51.7 Å². The normalized spacial score (nSPS) is 27.3. The minimum absolute atomic E-state index is 0.0279. The summed E-state index contributed by atoms with van der Waals surface area (Å²) in [6, 6.07) is -0.132. The van der Waals surface area contributed by atoms with Gasteiger partial charge in [0.15, 0.2) is 0 Å². The van der Waals surface area contributed by atoms with Crippen LogP contribution in [0.2, 0.25) is 0 Å². The standard InChI is InChI=1S/C16H32N4O3/c17-14-2-1-9-20(13(10-21)11-22)15(14)5-8-19-16(23)12-3-6-18-7-4-12/h12-15,18,21-22H,1-11,17H2,(H,19,23)/t14?,15-/m1/s1. The number of nitrogens with two attached hydrogens (primary N) is 1. The summed E-state index contributed by atoms with van der Waals surface area (Å²) in [6.07, 6.45) is 4.49. The first-order valence-electron chi connectivity index (χ1n) is 8.88. The molecule has 23 heavy (non-hydrogen) atoms. The molecular formula is C16H32N4O3. The van der Waals surface area contributed by atoms with Gasteiger partial charge in [-0.1, -0.05) is 0 Å². The van der Waals surface area contributed by atoms with Gasteiger partial charge in [0, 0.05) is 24.5 Å². The highest BCUT2D eigenvalue weighted by Gasteiger charge is 2.33. The zero-order valence-electron chi connectivity index (χ0n) is 13.9. The lowest BCUT2D eigenvalue weighted by Crippen LogP contribution is -2.58. The smallest absolute Gasteiger partial charge is 0.223 e. The molecule has 0 radical (unpaired) electrons. The molecule has 1 unspecified atom stereocenters. The molecule has 2 aliphatic heterocycles. The van der Waals surface area contributed by atoms with Gasteiger partial charge in [0.1, 0.15) is 0 Å². The molecule has 0 aliphatic carbocycles. The van der Waals surface area contributed by atoms with Gasteiger partial charge in [-0.15, -0.1) is 0 Å². The van der Waals surface area contributed by atoms with Crippen LogP contribution < -0.4 is 16.4 Å². The highest BCUT2D eigenvalue weighted by molar-refractivity contribution is 5.78. The van der Waals surface area contributed by atoms with Gasteiger partial charge in [-0.3, -0.25) is 9.69 Å². The van der Waals surface area contributed by atoms with Crippen LogP contribution in [0.25, 0.3) is 0 Å². The monoisotopic (exact) mass is 328 g/mol. The summed E-state index contributed by atoms with van der Waals surface area (Å²) in [5.74, 6) is 0.262. The number of piperidine rings is 2. The Morgan fingerprint density at radius 2 is 1.96 bits per heavy atom. The van der Waals surface area contributed by atoms with Crippen LogP contribution in [0.5, 0.6) is 0 Å². The third-order valence-corrected chi connectivity index (χ3v) is 5.21. The van der Waals surface area contributed by atoms with Gasteiger partial charge in [-0.25, -0.2) is 0 Å². The van der Waals surface area contributed by atoms with E-state index in [-0.39, 0.29) is 43.2 Å². The van der Waals surface area contributed by atoms with Crippen LogP contribution in [-0.2, 0) is 4.79 Å². The van der Waals surface area contributed by atoms with Crippen molar-refractivity contribution in [1.29, 1.82) is 0 Å². The molecule has 0 spiro atoms. The van der Waals surface area contributed by atoms with Gasteiger partial charge in [0.25, 0.3) is 0 Å². The number of amides is 1. The van der Waals surface area contributed by atoms with Crippen LogP contribution in [0, 0.1) is 5.92 Å². The van der Waals surface area contributed by atoms with Crippen LogP contribution in [0.1, 0.15) is 32.1 Å². The third kappa shape index (κ3) is 5.12. The number of hydrogen-bond acceptors (Lipinski definition) is 6. The fourth-order valence-corrected chi connectivity index (χ4v) is 3.79. The maximum absolute atomic E-state index is 12.2. The molecule has 2 atom stereocenters. The Kier molecular flexibility index (Phi) is 7.72. The first-order valence-corrected chi connectivity index (χ1v) is 8.88. The van der Waals surface area contributed by atoms with E-state index in [9.17, 15) is 15.0 Å². The highest BCUT2D eigenvalue weighted by atomic mass is 16.3. The lowest BCUT2D eigenvalue weighted by molar-refractivity contribution is -0.125. The molecule has 0 aromatic rings. The van der Waals surface area contributed by atoms with E-state index in [1.165, 1.54) is 0 Å². The molecule has 7 nitrogen and oxygen atoms in total. The number of carbonyl (C=O) groups is 1. The quantitative estimate of drug-likeness (QED) is 0.395. The van der Waals surface area contributed by atoms with Crippen LogP contribution in [0.4, 0.5) is 0 Å². The van der Waals surface area contributed by atoms with E-state index >= 15 is 0 Å². The molecule has 0 aromatic heterocycles. The first kappa shape index (κ1) is 18.6. The topological polar surface area (TPSA) is 111 Å². The van der Waals surface area contributed by atoms with E-state index < -0.39 is 0 Å². The van der Waals surface area contributed by atoms with Crippen molar-refractivity contribution in [3.05, 3.63) is 0 Å². The zero-order chi connectivity index (χ0) is 16.7. The van der Waals surface area contributed by atoms with Gasteiger partial charge >= 0.3 is 0 Å². The van der Waals surface area contributed by atoms with Crippen LogP contribution in [0.3, 0.4) is 0 Å². The largest absolute Gasteiger partial charge is 0.395 e. The maximum Gasteiger partial charge on any atom is 0.223 e. The summed E-state index contributed by atoms with van der Waals surface area (Å²) in [6.45, 7) is 3.12. The van der Waals surface area contributed by atoms with Gasteiger partial charge in [0.05, 0.1) is 19.3 Å². The summed E-state index contributed by atoms with van der Waals surface area (Å²) >= 11 is 0. The van der Waals surface area contributed by atoms with E-state index in [1.54, 1.807) is 0 Å². The lowest BCUT2D eigenvalue weighted by Gasteiger charge is -2.43. The Morgan fingerprint density at radius 1 is 1.26 bits per heavy atom. The molecule has 0 saturated carbocycles. The van der Waals surface area contributed by atoms with Crippen molar-refractivity contribution in [1.82, 2.24) is 15.5 Å². The zero-order valence-corrected chi connectivity index (χ0v) is 13.9. The number of likely N-dealkylation sites (tertiary alicyclic amines) is 1. The van der Waals surface area contributed by atoms with E-state index in [2.05, 4.69) is 15.5 Å². The molecule has 0 bridgehead atoms. The average Bonchev–Trinajstić information content (AvgIpc) is 2.59. The van der Waals surface area contributed by atoms with E-state index in [0.717, 1.165) is 51.7 Å². The second-order valence-electron chi connectivity index (χ2n) is 6.73. The molecule has 2 rings (SSSR count). The highest BCUT2D eigenvalue weighted by Crippen LogP contribution is 2.21. The molecular weight excluding hydrogens is 296 g/mol. The summed E-state index contributed by atoms with van der Waals surface area (Å²) in [5.41, 5.74) is 6.25. The number of aliphatic hydroxyl groups is 2. The second kappa shape index (κ2) is 9.54. The molecule has 134 valence electrons. The number of aliphatic hydroxyl groups excluding tert-OH is 2. The number of carbonyl (C=O) groups excluding carboxylic acids is 1. The fourth-order valence-electron chi connectivity index (χ4n) is 3.79. The van der Waals surface area contributed by atoms with Crippen molar-refractivity contribution in [2.45, 2.75) is 50.2 Å². The summed E-state index contributed by atoms with van der Waals surface area (Å²) in [7, 11) is 0. The molecule has 1 amide bonds. The Bertz CT molecular complexity index is 359. The molecule has 2 saturated heterocycles. The predicted octanol–water partition coefficient (Wildman–Crippen LogP) is -1.36. The third-order valence-electron chi connectivity index (χ3n) is 5.21. The first-order chi connectivity index (χ1) is 11.2. The number of nitrogens with zero attached hydrogens (tertiary/aromatic N) is 1. The SMILES string of the molecule is NC1CCCN(C(CO)CO)[C@@H]1CCNC(=O)C1CCNCC1. The van der Waals surface area contributed by atoms with E-state index in [1.807, 2.05) is 0 Å². The number of rotatable bonds is 7. The van der Waals surface area contributed by atoms with Crippen molar-refractivity contribution in [2.24, 2.45) is 11.7 Å². The summed E-state index contributed by atoms with van der Waals surface area (Å²) in [5, 5.41) is 25.2.